The quantitative estimate of drug-likeness (QED) is 0.716. The Bertz CT molecular complexity index is 749. The maximum atomic E-state index is 12.0. The molecule has 0 unspecified atom stereocenters. The zero-order valence-corrected chi connectivity index (χ0v) is 14.9. The maximum Gasteiger partial charge on any atom is 0.262 e. The van der Waals surface area contributed by atoms with Gasteiger partial charge < -0.3 is 15.4 Å². The van der Waals surface area contributed by atoms with Gasteiger partial charge in [-0.25, -0.2) is 0 Å². The standard InChI is InChI=1S/C16H13IN2O3S/c17-10-1-4-12(5-2-10)22-8-15(20)18-11-3-6-14-13(7-11)19-16(21)9-23-14/h1-7H,8-9H2,(H,18,20)(H,19,21). The average Bonchev–Trinajstić information content (AvgIpc) is 2.54. The molecule has 1 aliphatic heterocycles. The van der Waals surface area contributed by atoms with Crippen LogP contribution in [0.2, 0.25) is 0 Å². The Hall–Kier alpha value is -1.74. The van der Waals surface area contributed by atoms with Gasteiger partial charge in [0.25, 0.3) is 5.91 Å². The van der Waals surface area contributed by atoms with E-state index in [1.54, 1.807) is 6.07 Å². The molecule has 0 atom stereocenters. The number of anilines is 2. The lowest BCUT2D eigenvalue weighted by Gasteiger charge is -2.17. The van der Waals surface area contributed by atoms with E-state index in [0.717, 1.165) is 14.2 Å². The van der Waals surface area contributed by atoms with Gasteiger partial charge in [0.1, 0.15) is 5.75 Å². The Morgan fingerprint density at radius 1 is 1.26 bits per heavy atom. The van der Waals surface area contributed by atoms with Crippen molar-refractivity contribution in [1.29, 1.82) is 0 Å². The first-order valence-corrected chi connectivity index (χ1v) is 8.91. The summed E-state index contributed by atoms with van der Waals surface area (Å²) in [6.07, 6.45) is 0. The highest BCUT2D eigenvalue weighted by Gasteiger charge is 2.16. The largest absolute Gasteiger partial charge is 0.484 e. The third-order valence-electron chi connectivity index (χ3n) is 3.08. The van der Waals surface area contributed by atoms with Crippen LogP contribution in [0.15, 0.2) is 47.4 Å². The van der Waals surface area contributed by atoms with E-state index in [2.05, 4.69) is 33.2 Å². The molecule has 0 saturated heterocycles. The summed E-state index contributed by atoms with van der Waals surface area (Å²) in [4.78, 5) is 24.4. The van der Waals surface area contributed by atoms with Crippen LogP contribution in [0, 0.1) is 3.57 Å². The molecule has 0 aliphatic carbocycles. The van der Waals surface area contributed by atoms with Crippen molar-refractivity contribution in [1.82, 2.24) is 0 Å². The van der Waals surface area contributed by atoms with Crippen molar-refractivity contribution in [3.63, 3.8) is 0 Å². The third kappa shape index (κ3) is 4.38. The highest BCUT2D eigenvalue weighted by molar-refractivity contribution is 14.1. The maximum absolute atomic E-state index is 12.0. The highest BCUT2D eigenvalue weighted by Crippen LogP contribution is 2.33. The summed E-state index contributed by atoms with van der Waals surface area (Å²) in [5.41, 5.74) is 1.35. The lowest BCUT2D eigenvalue weighted by Crippen LogP contribution is -2.21. The fourth-order valence-corrected chi connectivity index (χ4v) is 3.19. The zero-order chi connectivity index (χ0) is 16.2. The number of ether oxygens (including phenoxy) is 1. The number of rotatable bonds is 4. The van der Waals surface area contributed by atoms with Crippen molar-refractivity contribution in [3.05, 3.63) is 46.0 Å². The van der Waals surface area contributed by atoms with Crippen LogP contribution in [0.3, 0.4) is 0 Å². The number of fused-ring (bicyclic) bond motifs is 1. The molecule has 118 valence electrons. The molecule has 0 bridgehead atoms. The smallest absolute Gasteiger partial charge is 0.262 e. The molecule has 7 heteroatoms. The summed E-state index contributed by atoms with van der Waals surface area (Å²) >= 11 is 3.69. The lowest BCUT2D eigenvalue weighted by molar-refractivity contribution is -0.118. The molecule has 1 aliphatic rings. The molecule has 5 nitrogen and oxygen atoms in total. The third-order valence-corrected chi connectivity index (χ3v) is 4.87. The molecule has 0 aromatic heterocycles. The van der Waals surface area contributed by atoms with Gasteiger partial charge in [-0.15, -0.1) is 11.8 Å². The number of halogens is 1. The van der Waals surface area contributed by atoms with Gasteiger partial charge in [-0.3, -0.25) is 9.59 Å². The number of thioether (sulfide) groups is 1. The second kappa shape index (κ2) is 7.22. The van der Waals surface area contributed by atoms with Crippen LogP contribution in [0.1, 0.15) is 0 Å². The zero-order valence-electron chi connectivity index (χ0n) is 12.0. The topological polar surface area (TPSA) is 67.4 Å². The molecule has 2 N–H and O–H groups in total. The van der Waals surface area contributed by atoms with Crippen LogP contribution in [0.5, 0.6) is 5.75 Å². The minimum atomic E-state index is -0.252. The number of carbonyl (C=O) groups is 2. The van der Waals surface area contributed by atoms with Crippen LogP contribution >= 0.6 is 34.4 Å². The van der Waals surface area contributed by atoms with Crippen molar-refractivity contribution in [2.75, 3.05) is 23.0 Å². The molecule has 0 radical (unpaired) electrons. The lowest BCUT2D eigenvalue weighted by atomic mass is 10.2. The molecule has 0 spiro atoms. The van der Waals surface area contributed by atoms with Gasteiger partial charge in [0.05, 0.1) is 11.4 Å². The summed E-state index contributed by atoms with van der Waals surface area (Å²) in [7, 11) is 0. The highest BCUT2D eigenvalue weighted by atomic mass is 127. The van der Waals surface area contributed by atoms with Crippen molar-refractivity contribution >= 4 is 57.5 Å². The van der Waals surface area contributed by atoms with Crippen LogP contribution in [0.25, 0.3) is 0 Å². The van der Waals surface area contributed by atoms with Crippen molar-refractivity contribution < 1.29 is 14.3 Å². The predicted octanol–water partition coefficient (Wildman–Crippen LogP) is 3.35. The molecular weight excluding hydrogens is 427 g/mol. The number of hydrogen-bond donors (Lipinski definition) is 2. The first-order chi connectivity index (χ1) is 11.1. The van der Waals surface area contributed by atoms with E-state index in [4.69, 9.17) is 4.74 Å². The van der Waals surface area contributed by atoms with E-state index in [-0.39, 0.29) is 18.4 Å². The van der Waals surface area contributed by atoms with Gasteiger partial charge >= 0.3 is 0 Å². The minimum absolute atomic E-state index is 0.0342. The van der Waals surface area contributed by atoms with E-state index in [9.17, 15) is 9.59 Å². The van der Waals surface area contributed by atoms with Crippen LogP contribution in [-0.4, -0.2) is 24.2 Å². The van der Waals surface area contributed by atoms with E-state index < -0.39 is 0 Å². The summed E-state index contributed by atoms with van der Waals surface area (Å²) in [6.45, 7) is -0.0706. The first-order valence-electron chi connectivity index (χ1n) is 6.85. The van der Waals surface area contributed by atoms with E-state index >= 15 is 0 Å². The summed E-state index contributed by atoms with van der Waals surface area (Å²) in [5, 5.41) is 5.56. The summed E-state index contributed by atoms with van der Waals surface area (Å²) in [5.74, 6) is 0.781. The van der Waals surface area contributed by atoms with Gasteiger partial charge in [0.2, 0.25) is 5.91 Å². The van der Waals surface area contributed by atoms with Gasteiger partial charge in [0, 0.05) is 14.2 Å². The van der Waals surface area contributed by atoms with E-state index in [1.807, 2.05) is 36.4 Å². The predicted molar refractivity (Wildman–Crippen MR) is 99.1 cm³/mol. The van der Waals surface area contributed by atoms with Gasteiger partial charge in [-0.2, -0.15) is 0 Å². The van der Waals surface area contributed by atoms with E-state index in [0.29, 0.717) is 17.2 Å². The molecule has 0 fully saturated rings. The minimum Gasteiger partial charge on any atom is -0.484 e. The van der Waals surface area contributed by atoms with Crippen LogP contribution < -0.4 is 15.4 Å². The molecule has 2 aromatic carbocycles. The van der Waals surface area contributed by atoms with Crippen molar-refractivity contribution in [2.24, 2.45) is 0 Å². The fourth-order valence-electron chi connectivity index (χ4n) is 2.04. The Morgan fingerprint density at radius 3 is 2.83 bits per heavy atom. The van der Waals surface area contributed by atoms with Crippen LogP contribution in [0.4, 0.5) is 11.4 Å². The average molecular weight is 440 g/mol. The Kier molecular flexibility index (Phi) is 5.06. The SMILES string of the molecule is O=C(COc1ccc(I)cc1)Nc1ccc2c(c1)NC(=O)CS2. The molecule has 3 rings (SSSR count). The second-order valence-electron chi connectivity index (χ2n) is 4.84. The van der Waals surface area contributed by atoms with Gasteiger partial charge in [0.15, 0.2) is 6.61 Å². The summed E-state index contributed by atoms with van der Waals surface area (Å²) < 4.78 is 6.54. The van der Waals surface area contributed by atoms with Crippen molar-refractivity contribution in [2.45, 2.75) is 4.90 Å². The van der Waals surface area contributed by atoms with Gasteiger partial charge in [-0.05, 0) is 65.1 Å². The fraction of sp³-hybridized carbons (Fsp3) is 0.125. The monoisotopic (exact) mass is 440 g/mol. The number of hydrogen-bond acceptors (Lipinski definition) is 4. The number of benzene rings is 2. The van der Waals surface area contributed by atoms with Crippen molar-refractivity contribution in [3.8, 4) is 5.75 Å². The molecule has 2 amide bonds. The number of carbonyl (C=O) groups excluding carboxylic acids is 2. The number of amides is 2. The number of nitrogens with one attached hydrogen (secondary N) is 2. The summed E-state index contributed by atoms with van der Waals surface area (Å²) in [6, 6.07) is 12.9. The molecule has 2 aromatic rings. The Balaban J connectivity index is 1.58. The van der Waals surface area contributed by atoms with E-state index in [1.165, 1.54) is 11.8 Å². The molecule has 1 heterocycles. The Labute approximate surface area is 151 Å². The normalized spacial score (nSPS) is 13.0. The molecule has 0 saturated carbocycles. The van der Waals surface area contributed by atoms with Crippen LogP contribution in [-0.2, 0) is 9.59 Å². The first kappa shape index (κ1) is 16.1. The Morgan fingerprint density at radius 2 is 2.04 bits per heavy atom. The molecule has 23 heavy (non-hydrogen) atoms. The van der Waals surface area contributed by atoms with Gasteiger partial charge in [-0.1, -0.05) is 0 Å². The second-order valence-corrected chi connectivity index (χ2v) is 7.10. The molecular formula is C16H13IN2O3S.